The van der Waals surface area contributed by atoms with Gasteiger partial charge in [0.2, 0.25) is 0 Å². The molecule has 0 saturated carbocycles. The topological polar surface area (TPSA) is 25.2 Å². The largest absolute Gasteiger partial charge is 0.459 e. The van der Waals surface area contributed by atoms with Gasteiger partial charge in [-0.05, 0) is 18.7 Å². The lowest BCUT2D eigenvalue weighted by Crippen LogP contribution is -2.19. The Balaban J connectivity index is 2.33. The lowest BCUT2D eigenvalue weighted by molar-refractivity contribution is 0.442. The van der Waals surface area contributed by atoms with Gasteiger partial charge in [0, 0.05) is 11.8 Å². The molecule has 16 heavy (non-hydrogen) atoms. The van der Waals surface area contributed by atoms with Crippen LogP contribution >= 0.6 is 0 Å². The molecule has 2 heteroatoms. The minimum atomic E-state index is 0.113. The zero-order valence-corrected chi connectivity index (χ0v) is 9.36. The van der Waals surface area contributed by atoms with E-state index in [1.54, 1.807) is 0 Å². The number of hydrogen-bond acceptors (Lipinski definition) is 2. The van der Waals surface area contributed by atoms with Gasteiger partial charge in [-0.25, -0.2) is 0 Å². The van der Waals surface area contributed by atoms with Crippen LogP contribution in [0.25, 0.3) is 11.0 Å². The van der Waals surface area contributed by atoms with Gasteiger partial charge in [0.1, 0.15) is 11.3 Å². The number of nitrogens with one attached hydrogen (secondary N) is 1. The van der Waals surface area contributed by atoms with E-state index in [9.17, 15) is 0 Å². The van der Waals surface area contributed by atoms with Crippen LogP contribution in [0.3, 0.4) is 0 Å². The Bertz CT molecular complexity index is 474. The zero-order chi connectivity index (χ0) is 11.4. The molecule has 0 aliphatic heterocycles. The predicted molar refractivity (Wildman–Crippen MR) is 66.1 cm³/mol. The van der Waals surface area contributed by atoms with Gasteiger partial charge in [0.25, 0.3) is 0 Å². The summed E-state index contributed by atoms with van der Waals surface area (Å²) in [7, 11) is 0. The van der Waals surface area contributed by atoms with Crippen LogP contribution in [0.2, 0.25) is 0 Å². The number of benzene rings is 1. The van der Waals surface area contributed by atoms with Gasteiger partial charge in [0.05, 0.1) is 6.04 Å². The Morgan fingerprint density at radius 3 is 2.94 bits per heavy atom. The average Bonchev–Trinajstić information content (AvgIpc) is 2.72. The van der Waals surface area contributed by atoms with E-state index in [1.807, 2.05) is 24.3 Å². The maximum absolute atomic E-state index is 5.78. The van der Waals surface area contributed by atoms with E-state index < -0.39 is 0 Å². The first kappa shape index (κ1) is 10.8. The fourth-order valence-electron chi connectivity index (χ4n) is 1.81. The molecule has 1 atom stereocenters. The standard InChI is InChI=1S/C14H15NO/c1-3-7-12(15-4-2)14-10-11-8-5-6-9-13(11)16-14/h1,5-6,8-10,12,15H,4,7H2,2H3. The van der Waals surface area contributed by atoms with Crippen molar-refractivity contribution in [1.82, 2.24) is 5.32 Å². The molecule has 0 bridgehead atoms. The van der Waals surface area contributed by atoms with Crippen LogP contribution in [0.1, 0.15) is 25.1 Å². The van der Waals surface area contributed by atoms with Crippen molar-refractivity contribution in [3.8, 4) is 12.3 Å². The van der Waals surface area contributed by atoms with Crippen molar-refractivity contribution in [2.75, 3.05) is 6.54 Å². The van der Waals surface area contributed by atoms with Crippen molar-refractivity contribution in [3.63, 3.8) is 0 Å². The van der Waals surface area contributed by atoms with E-state index >= 15 is 0 Å². The van der Waals surface area contributed by atoms with Crippen molar-refractivity contribution in [3.05, 3.63) is 36.1 Å². The number of terminal acetylenes is 1. The second-order valence-corrected chi connectivity index (χ2v) is 3.71. The van der Waals surface area contributed by atoms with Gasteiger partial charge in [-0.1, -0.05) is 25.1 Å². The smallest absolute Gasteiger partial charge is 0.134 e. The molecule has 0 spiro atoms. The highest BCUT2D eigenvalue weighted by Gasteiger charge is 2.13. The van der Waals surface area contributed by atoms with Crippen molar-refractivity contribution in [2.24, 2.45) is 0 Å². The summed E-state index contributed by atoms with van der Waals surface area (Å²) < 4.78 is 5.78. The Morgan fingerprint density at radius 2 is 2.25 bits per heavy atom. The Morgan fingerprint density at radius 1 is 1.44 bits per heavy atom. The molecule has 0 saturated heterocycles. The van der Waals surface area contributed by atoms with Gasteiger partial charge in [0.15, 0.2) is 0 Å². The van der Waals surface area contributed by atoms with Crippen LogP contribution in [-0.2, 0) is 0 Å². The van der Waals surface area contributed by atoms with Crippen molar-refractivity contribution in [1.29, 1.82) is 0 Å². The number of furan rings is 1. The Hall–Kier alpha value is -1.72. The summed E-state index contributed by atoms with van der Waals surface area (Å²) in [5, 5.41) is 4.45. The summed E-state index contributed by atoms with van der Waals surface area (Å²) in [6.07, 6.45) is 6.01. The molecule has 1 aromatic heterocycles. The lowest BCUT2D eigenvalue weighted by Gasteiger charge is -2.11. The monoisotopic (exact) mass is 213 g/mol. The highest BCUT2D eigenvalue weighted by Crippen LogP contribution is 2.25. The first-order valence-corrected chi connectivity index (χ1v) is 5.50. The van der Waals surface area contributed by atoms with E-state index in [1.165, 1.54) is 0 Å². The van der Waals surface area contributed by atoms with Crippen LogP contribution in [0.5, 0.6) is 0 Å². The molecule has 82 valence electrons. The van der Waals surface area contributed by atoms with Crippen LogP contribution in [-0.4, -0.2) is 6.54 Å². The van der Waals surface area contributed by atoms with Crippen molar-refractivity contribution in [2.45, 2.75) is 19.4 Å². The molecule has 0 aliphatic carbocycles. The highest BCUT2D eigenvalue weighted by molar-refractivity contribution is 5.77. The maximum Gasteiger partial charge on any atom is 0.134 e. The fourth-order valence-corrected chi connectivity index (χ4v) is 1.81. The number of fused-ring (bicyclic) bond motifs is 1. The van der Waals surface area contributed by atoms with E-state index in [0.717, 1.165) is 23.3 Å². The third-order valence-electron chi connectivity index (χ3n) is 2.56. The Labute approximate surface area is 95.6 Å². The van der Waals surface area contributed by atoms with Crippen LogP contribution in [0.15, 0.2) is 34.7 Å². The predicted octanol–water partition coefficient (Wildman–Crippen LogP) is 3.11. The van der Waals surface area contributed by atoms with Crippen LogP contribution < -0.4 is 5.32 Å². The van der Waals surface area contributed by atoms with Gasteiger partial charge < -0.3 is 9.73 Å². The van der Waals surface area contributed by atoms with Gasteiger partial charge >= 0.3 is 0 Å². The summed E-state index contributed by atoms with van der Waals surface area (Å²) in [5.41, 5.74) is 0.914. The fraction of sp³-hybridized carbons (Fsp3) is 0.286. The second kappa shape index (κ2) is 4.87. The summed E-state index contributed by atoms with van der Waals surface area (Å²) in [6.45, 7) is 2.94. The number of para-hydroxylation sites is 1. The van der Waals surface area contributed by atoms with Gasteiger partial charge in [-0.3, -0.25) is 0 Å². The van der Waals surface area contributed by atoms with Crippen LogP contribution in [0.4, 0.5) is 0 Å². The van der Waals surface area contributed by atoms with E-state index in [4.69, 9.17) is 10.8 Å². The zero-order valence-electron chi connectivity index (χ0n) is 9.36. The van der Waals surface area contributed by atoms with Crippen molar-refractivity contribution >= 4 is 11.0 Å². The molecule has 2 aromatic rings. The summed E-state index contributed by atoms with van der Waals surface area (Å²) >= 11 is 0. The Kier molecular flexibility index (Phi) is 3.28. The lowest BCUT2D eigenvalue weighted by atomic mass is 10.1. The molecular weight excluding hydrogens is 198 g/mol. The van der Waals surface area contributed by atoms with Crippen LogP contribution in [0, 0.1) is 12.3 Å². The molecule has 2 nitrogen and oxygen atoms in total. The van der Waals surface area contributed by atoms with E-state index in [-0.39, 0.29) is 6.04 Å². The first-order valence-electron chi connectivity index (χ1n) is 5.50. The number of rotatable bonds is 4. The molecular formula is C14H15NO. The van der Waals surface area contributed by atoms with Crippen molar-refractivity contribution < 1.29 is 4.42 Å². The quantitative estimate of drug-likeness (QED) is 0.789. The highest BCUT2D eigenvalue weighted by atomic mass is 16.3. The average molecular weight is 213 g/mol. The minimum Gasteiger partial charge on any atom is -0.459 e. The number of hydrogen-bond donors (Lipinski definition) is 1. The summed E-state index contributed by atoms with van der Waals surface area (Å²) in [5.74, 6) is 3.59. The molecule has 1 N–H and O–H groups in total. The molecule has 1 heterocycles. The molecule has 0 radical (unpaired) electrons. The third-order valence-corrected chi connectivity index (χ3v) is 2.56. The van der Waals surface area contributed by atoms with E-state index in [2.05, 4.69) is 24.2 Å². The van der Waals surface area contributed by atoms with Gasteiger partial charge in [-0.2, -0.15) is 0 Å². The minimum absolute atomic E-state index is 0.113. The van der Waals surface area contributed by atoms with E-state index in [0.29, 0.717) is 6.42 Å². The molecule has 0 fully saturated rings. The molecule has 0 aliphatic rings. The SMILES string of the molecule is C#CCC(NCC)c1cc2ccccc2o1. The van der Waals surface area contributed by atoms with Gasteiger partial charge in [-0.15, -0.1) is 12.3 Å². The third kappa shape index (κ3) is 2.10. The molecule has 1 aromatic carbocycles. The summed E-state index contributed by atoms with van der Waals surface area (Å²) in [6, 6.07) is 10.2. The second-order valence-electron chi connectivity index (χ2n) is 3.71. The molecule has 1 unspecified atom stereocenters. The normalized spacial score (nSPS) is 12.5. The molecule has 0 amide bonds. The first-order chi connectivity index (χ1) is 7.85. The molecule has 2 rings (SSSR count). The summed E-state index contributed by atoms with van der Waals surface area (Å²) in [4.78, 5) is 0. The maximum atomic E-state index is 5.78.